The average molecular weight is 266 g/mol. The lowest BCUT2D eigenvalue weighted by atomic mass is 10.0. The molecule has 0 spiro atoms. The Balaban J connectivity index is 1.94. The van der Waals surface area contributed by atoms with Crippen LogP contribution in [-0.4, -0.2) is 14.5 Å². The molecule has 102 valence electrons. The molecule has 0 aliphatic carbocycles. The summed E-state index contributed by atoms with van der Waals surface area (Å²) in [6, 6.07) is 14.0. The maximum atomic E-state index is 6.30. The summed E-state index contributed by atoms with van der Waals surface area (Å²) in [5.41, 5.74) is 9.30. The average Bonchev–Trinajstić information content (AvgIpc) is 2.85. The predicted octanol–water partition coefficient (Wildman–Crippen LogP) is 2.69. The van der Waals surface area contributed by atoms with Crippen LogP contribution in [0.1, 0.15) is 24.4 Å². The minimum atomic E-state index is -0.0432. The molecule has 0 saturated heterocycles. The summed E-state index contributed by atoms with van der Waals surface area (Å²) in [7, 11) is 0. The van der Waals surface area contributed by atoms with Crippen molar-refractivity contribution < 1.29 is 0 Å². The van der Waals surface area contributed by atoms with Crippen LogP contribution in [0.5, 0.6) is 0 Å². The highest BCUT2D eigenvalue weighted by atomic mass is 15.1. The van der Waals surface area contributed by atoms with Gasteiger partial charge in [-0.25, -0.2) is 9.97 Å². The van der Waals surface area contributed by atoms with Gasteiger partial charge >= 0.3 is 0 Å². The van der Waals surface area contributed by atoms with Crippen molar-refractivity contribution in [3.63, 3.8) is 0 Å². The topological polar surface area (TPSA) is 56.7 Å². The zero-order valence-electron chi connectivity index (χ0n) is 11.5. The van der Waals surface area contributed by atoms with E-state index in [9.17, 15) is 0 Å². The molecule has 0 fully saturated rings. The molecule has 0 amide bonds. The van der Waals surface area contributed by atoms with Crippen LogP contribution in [0.4, 0.5) is 0 Å². The number of rotatable bonds is 4. The van der Waals surface area contributed by atoms with Crippen LogP contribution in [0.2, 0.25) is 0 Å². The maximum absolute atomic E-state index is 6.30. The van der Waals surface area contributed by atoms with E-state index in [2.05, 4.69) is 33.6 Å². The van der Waals surface area contributed by atoms with Gasteiger partial charge in [-0.1, -0.05) is 30.3 Å². The molecule has 0 radical (unpaired) electrons. The highest BCUT2D eigenvalue weighted by Crippen LogP contribution is 2.19. The van der Waals surface area contributed by atoms with E-state index in [1.165, 1.54) is 0 Å². The van der Waals surface area contributed by atoms with E-state index in [0.29, 0.717) is 6.42 Å². The molecule has 0 aliphatic heterocycles. The number of pyridine rings is 1. The Hall–Kier alpha value is -2.20. The molecule has 1 aromatic carbocycles. The number of aromatic nitrogens is 3. The van der Waals surface area contributed by atoms with Crippen molar-refractivity contribution in [2.45, 2.75) is 25.9 Å². The van der Waals surface area contributed by atoms with Crippen molar-refractivity contribution >= 4 is 11.2 Å². The van der Waals surface area contributed by atoms with Gasteiger partial charge in [0, 0.05) is 25.2 Å². The van der Waals surface area contributed by atoms with Crippen molar-refractivity contribution in [3.05, 3.63) is 60.0 Å². The van der Waals surface area contributed by atoms with Crippen molar-refractivity contribution in [2.24, 2.45) is 5.73 Å². The molecule has 4 heteroatoms. The molecule has 3 aromatic rings. The number of fused-ring (bicyclic) bond motifs is 1. The summed E-state index contributed by atoms with van der Waals surface area (Å²) in [6.45, 7) is 2.96. The van der Waals surface area contributed by atoms with Gasteiger partial charge in [0.25, 0.3) is 0 Å². The molecule has 20 heavy (non-hydrogen) atoms. The van der Waals surface area contributed by atoms with Gasteiger partial charge < -0.3 is 10.3 Å². The summed E-state index contributed by atoms with van der Waals surface area (Å²) in [6.07, 6.45) is 2.52. The van der Waals surface area contributed by atoms with E-state index in [1.54, 1.807) is 6.20 Å². The van der Waals surface area contributed by atoms with E-state index < -0.39 is 0 Å². The number of hydrogen-bond donors (Lipinski definition) is 1. The van der Waals surface area contributed by atoms with Gasteiger partial charge in [0.05, 0.1) is 0 Å². The molecule has 1 atom stereocenters. The highest BCUT2D eigenvalue weighted by Gasteiger charge is 2.14. The molecule has 2 heterocycles. The largest absolute Gasteiger partial charge is 0.324 e. The minimum absolute atomic E-state index is 0.0432. The Bertz CT molecular complexity index is 703. The van der Waals surface area contributed by atoms with Crippen LogP contribution in [-0.2, 0) is 13.0 Å². The summed E-state index contributed by atoms with van der Waals surface area (Å²) in [5.74, 6) is 0.998. The molecule has 3 rings (SSSR count). The van der Waals surface area contributed by atoms with Crippen LogP contribution in [0.15, 0.2) is 48.7 Å². The Labute approximate surface area is 118 Å². The number of aryl methyl sites for hydroxylation is 1. The second-order valence-electron chi connectivity index (χ2n) is 4.84. The van der Waals surface area contributed by atoms with Crippen molar-refractivity contribution in [1.82, 2.24) is 14.5 Å². The number of benzene rings is 1. The van der Waals surface area contributed by atoms with Crippen LogP contribution in [0.3, 0.4) is 0 Å². The van der Waals surface area contributed by atoms with E-state index in [0.717, 1.165) is 29.1 Å². The first-order chi connectivity index (χ1) is 9.79. The fourth-order valence-corrected chi connectivity index (χ4v) is 2.51. The van der Waals surface area contributed by atoms with Crippen molar-refractivity contribution in [2.75, 3.05) is 0 Å². The zero-order valence-corrected chi connectivity index (χ0v) is 11.5. The Kier molecular flexibility index (Phi) is 3.48. The fraction of sp³-hybridized carbons (Fsp3) is 0.250. The summed E-state index contributed by atoms with van der Waals surface area (Å²) in [4.78, 5) is 9.08. The van der Waals surface area contributed by atoms with E-state index in [1.807, 2.05) is 30.3 Å². The molecule has 0 aliphatic rings. The number of nitrogens with zero attached hydrogens (tertiary/aromatic N) is 3. The van der Waals surface area contributed by atoms with E-state index >= 15 is 0 Å². The third-order valence-electron chi connectivity index (χ3n) is 3.53. The molecule has 1 unspecified atom stereocenters. The third kappa shape index (κ3) is 2.30. The predicted molar refractivity (Wildman–Crippen MR) is 80.3 cm³/mol. The fourth-order valence-electron chi connectivity index (χ4n) is 2.51. The first-order valence-corrected chi connectivity index (χ1v) is 6.90. The summed E-state index contributed by atoms with van der Waals surface area (Å²) in [5, 5.41) is 0. The summed E-state index contributed by atoms with van der Waals surface area (Å²) >= 11 is 0. The Morgan fingerprint density at radius 1 is 1.15 bits per heavy atom. The van der Waals surface area contributed by atoms with Gasteiger partial charge in [0.2, 0.25) is 0 Å². The Morgan fingerprint density at radius 3 is 2.70 bits per heavy atom. The normalized spacial score (nSPS) is 12.7. The Morgan fingerprint density at radius 2 is 1.95 bits per heavy atom. The molecule has 2 aromatic heterocycles. The van der Waals surface area contributed by atoms with Gasteiger partial charge in [0.1, 0.15) is 11.3 Å². The smallest absolute Gasteiger partial charge is 0.159 e. The van der Waals surface area contributed by atoms with Gasteiger partial charge in [0.15, 0.2) is 5.65 Å². The first-order valence-electron chi connectivity index (χ1n) is 6.90. The lowest BCUT2D eigenvalue weighted by molar-refractivity contribution is 0.635. The van der Waals surface area contributed by atoms with Crippen LogP contribution >= 0.6 is 0 Å². The lowest BCUT2D eigenvalue weighted by Gasteiger charge is -2.12. The zero-order chi connectivity index (χ0) is 13.9. The van der Waals surface area contributed by atoms with Crippen LogP contribution < -0.4 is 5.73 Å². The summed E-state index contributed by atoms with van der Waals surface area (Å²) < 4.78 is 2.14. The molecule has 0 bridgehead atoms. The monoisotopic (exact) mass is 266 g/mol. The van der Waals surface area contributed by atoms with E-state index in [4.69, 9.17) is 5.73 Å². The molecule has 2 N–H and O–H groups in total. The first kappa shape index (κ1) is 12.8. The van der Waals surface area contributed by atoms with Crippen LogP contribution in [0.25, 0.3) is 11.2 Å². The van der Waals surface area contributed by atoms with Gasteiger partial charge in [-0.15, -0.1) is 0 Å². The van der Waals surface area contributed by atoms with Gasteiger partial charge in [-0.2, -0.15) is 0 Å². The van der Waals surface area contributed by atoms with Crippen molar-refractivity contribution in [3.8, 4) is 0 Å². The van der Waals surface area contributed by atoms with E-state index in [-0.39, 0.29) is 6.04 Å². The third-order valence-corrected chi connectivity index (χ3v) is 3.53. The molecular weight excluding hydrogens is 248 g/mol. The second-order valence-corrected chi connectivity index (χ2v) is 4.84. The van der Waals surface area contributed by atoms with Crippen molar-refractivity contribution in [1.29, 1.82) is 0 Å². The maximum Gasteiger partial charge on any atom is 0.159 e. The second kappa shape index (κ2) is 5.43. The number of nitrogens with two attached hydrogens (primary N) is 1. The minimum Gasteiger partial charge on any atom is -0.324 e. The van der Waals surface area contributed by atoms with Gasteiger partial charge in [-0.3, -0.25) is 0 Å². The SMILES string of the molecule is CCn1c(CC(N)c2ccccc2)nc2cccnc21. The molecule has 0 saturated carbocycles. The number of hydrogen-bond acceptors (Lipinski definition) is 3. The quantitative estimate of drug-likeness (QED) is 0.790. The van der Waals surface area contributed by atoms with Crippen LogP contribution in [0, 0.1) is 0 Å². The molecular formula is C16H18N4. The number of imidazole rings is 1. The molecule has 4 nitrogen and oxygen atoms in total. The standard InChI is InChI=1S/C16H18N4/c1-2-20-15(19-14-9-6-10-18-16(14)20)11-13(17)12-7-4-3-5-8-12/h3-10,13H,2,11,17H2,1H3. The van der Waals surface area contributed by atoms with Gasteiger partial charge in [-0.05, 0) is 24.6 Å². The highest BCUT2D eigenvalue weighted by molar-refractivity contribution is 5.71. The lowest BCUT2D eigenvalue weighted by Crippen LogP contribution is -2.16.